The molecule has 1 nitrogen and oxygen atoms in total. The molecule has 0 saturated heterocycles. The maximum absolute atomic E-state index is 2.53. The molecule has 0 heterocycles. The highest BCUT2D eigenvalue weighted by Gasteiger charge is 2.51. The summed E-state index contributed by atoms with van der Waals surface area (Å²) in [6.45, 7) is 0. The fraction of sp³-hybridized carbons (Fsp3) is 0.0145. The van der Waals surface area contributed by atoms with Crippen molar-refractivity contribution in [2.24, 2.45) is 0 Å². The van der Waals surface area contributed by atoms with Gasteiger partial charge < -0.3 is 4.90 Å². The molecule has 1 heteroatoms. The van der Waals surface area contributed by atoms with Gasteiger partial charge in [0.15, 0.2) is 0 Å². The minimum atomic E-state index is -0.484. The number of rotatable bonds is 5. The summed E-state index contributed by atoms with van der Waals surface area (Å²) in [5, 5.41) is 12.5. The van der Waals surface area contributed by atoms with E-state index in [1.54, 1.807) is 0 Å². The lowest BCUT2D eigenvalue weighted by atomic mass is 9.70. The third-order valence-electron chi connectivity index (χ3n) is 15.6. The van der Waals surface area contributed by atoms with Gasteiger partial charge in [-0.2, -0.15) is 0 Å². The summed E-state index contributed by atoms with van der Waals surface area (Å²) in [6, 6.07) is 97.9. The van der Waals surface area contributed by atoms with E-state index < -0.39 is 5.41 Å². The van der Waals surface area contributed by atoms with E-state index in [1.807, 2.05) is 0 Å². The van der Waals surface area contributed by atoms with E-state index >= 15 is 0 Å². The van der Waals surface area contributed by atoms with Gasteiger partial charge in [-0.15, -0.1) is 0 Å². The SMILES string of the molecule is c1ccc2c(c1)-c1ccccc1C21c2ccccc2-c2ccc(N(c3cc(-c4ccc5ccccc5c4)cc(-c4ccc5ccccc5c4)c3)c3ccc4c5ccccc5c5ccccc5c4c3)cc21. The van der Waals surface area contributed by atoms with Crippen molar-refractivity contribution < 1.29 is 0 Å². The Morgan fingerprint density at radius 1 is 0.214 bits per heavy atom. The van der Waals surface area contributed by atoms with Crippen molar-refractivity contribution in [3.63, 3.8) is 0 Å². The third kappa shape index (κ3) is 5.61. The van der Waals surface area contributed by atoms with Gasteiger partial charge in [-0.25, -0.2) is 0 Å². The second kappa shape index (κ2) is 15.0. The molecule has 0 aromatic heterocycles. The lowest BCUT2D eigenvalue weighted by molar-refractivity contribution is 0.793. The predicted molar refractivity (Wildman–Crippen MR) is 296 cm³/mol. The topological polar surface area (TPSA) is 3.24 Å². The highest BCUT2D eigenvalue weighted by atomic mass is 15.1. The largest absolute Gasteiger partial charge is 0.310 e. The van der Waals surface area contributed by atoms with Crippen molar-refractivity contribution in [3.05, 3.63) is 283 Å². The average Bonchev–Trinajstić information content (AvgIpc) is 3.91. The van der Waals surface area contributed by atoms with Crippen molar-refractivity contribution >= 4 is 70.9 Å². The smallest absolute Gasteiger partial charge is 0.0726 e. The van der Waals surface area contributed by atoms with Gasteiger partial charge in [0.1, 0.15) is 0 Å². The molecule has 0 radical (unpaired) electrons. The molecule has 15 rings (SSSR count). The quantitative estimate of drug-likeness (QED) is 0.156. The highest BCUT2D eigenvalue weighted by molar-refractivity contribution is 6.26. The zero-order valence-corrected chi connectivity index (χ0v) is 38.3. The Morgan fingerprint density at radius 3 is 1.14 bits per heavy atom. The summed E-state index contributed by atoms with van der Waals surface area (Å²) in [7, 11) is 0. The second-order valence-corrected chi connectivity index (χ2v) is 19.2. The Balaban J connectivity index is 1.04. The first-order valence-electron chi connectivity index (χ1n) is 24.4. The molecule has 0 unspecified atom stereocenters. The predicted octanol–water partition coefficient (Wildman–Crippen LogP) is 18.6. The summed E-state index contributed by atoms with van der Waals surface area (Å²) >= 11 is 0. The normalized spacial score (nSPS) is 13.0. The van der Waals surface area contributed by atoms with Crippen LogP contribution in [0.1, 0.15) is 22.3 Å². The van der Waals surface area contributed by atoms with Crippen LogP contribution in [-0.2, 0) is 5.41 Å². The van der Waals surface area contributed by atoms with Crippen molar-refractivity contribution in [2.45, 2.75) is 5.41 Å². The summed E-state index contributed by atoms with van der Waals surface area (Å²) in [5.41, 5.74) is 18.0. The van der Waals surface area contributed by atoms with Crippen LogP contribution in [0.4, 0.5) is 17.1 Å². The van der Waals surface area contributed by atoms with Crippen LogP contribution in [0.3, 0.4) is 0 Å². The van der Waals surface area contributed by atoms with Crippen LogP contribution in [0.5, 0.6) is 0 Å². The number of hydrogen-bond acceptors (Lipinski definition) is 1. The highest BCUT2D eigenvalue weighted by Crippen LogP contribution is 2.63. The molecular weight excluding hydrogens is 843 g/mol. The summed E-state index contributed by atoms with van der Waals surface area (Å²) < 4.78 is 0. The fourth-order valence-electron chi connectivity index (χ4n) is 12.5. The molecule has 324 valence electrons. The molecule has 70 heavy (non-hydrogen) atoms. The van der Waals surface area contributed by atoms with E-state index in [-0.39, 0.29) is 0 Å². The fourth-order valence-corrected chi connectivity index (χ4v) is 12.5. The molecule has 1 spiro atoms. The Labute approximate surface area is 406 Å². The zero-order valence-electron chi connectivity index (χ0n) is 38.3. The van der Waals surface area contributed by atoms with Crippen molar-refractivity contribution in [1.82, 2.24) is 0 Å². The molecule has 0 saturated carbocycles. The molecule has 0 N–H and O–H groups in total. The van der Waals surface area contributed by atoms with E-state index in [0.29, 0.717) is 0 Å². The lowest BCUT2D eigenvalue weighted by Crippen LogP contribution is -2.26. The number of nitrogens with zero attached hydrogens (tertiary/aromatic N) is 1. The van der Waals surface area contributed by atoms with Crippen LogP contribution >= 0.6 is 0 Å². The van der Waals surface area contributed by atoms with Gasteiger partial charge in [-0.1, -0.05) is 206 Å². The first-order chi connectivity index (χ1) is 34.7. The van der Waals surface area contributed by atoms with E-state index in [1.165, 1.54) is 109 Å². The van der Waals surface area contributed by atoms with Crippen molar-refractivity contribution in [1.29, 1.82) is 0 Å². The van der Waals surface area contributed by atoms with Gasteiger partial charge in [-0.05, 0) is 175 Å². The monoisotopic (exact) mass is 885 g/mol. The van der Waals surface area contributed by atoms with Gasteiger partial charge in [0.05, 0.1) is 5.41 Å². The van der Waals surface area contributed by atoms with Gasteiger partial charge in [0, 0.05) is 17.1 Å². The first-order valence-corrected chi connectivity index (χ1v) is 24.4. The molecule has 2 aliphatic carbocycles. The molecule has 0 fully saturated rings. The molecule has 2 aliphatic rings. The van der Waals surface area contributed by atoms with E-state index in [4.69, 9.17) is 0 Å². The summed E-state index contributed by atoms with van der Waals surface area (Å²) in [6.07, 6.45) is 0. The van der Waals surface area contributed by atoms with Gasteiger partial charge in [0.25, 0.3) is 0 Å². The molecule has 0 aliphatic heterocycles. The Hall–Kier alpha value is -9.04. The van der Waals surface area contributed by atoms with Crippen LogP contribution in [-0.4, -0.2) is 0 Å². The second-order valence-electron chi connectivity index (χ2n) is 19.2. The number of fused-ring (bicyclic) bond motifs is 18. The minimum Gasteiger partial charge on any atom is -0.310 e. The maximum atomic E-state index is 2.53. The van der Waals surface area contributed by atoms with Crippen molar-refractivity contribution in [3.8, 4) is 44.5 Å². The minimum absolute atomic E-state index is 0.484. The van der Waals surface area contributed by atoms with Gasteiger partial charge in [-0.3, -0.25) is 0 Å². The molecule has 0 amide bonds. The van der Waals surface area contributed by atoms with Gasteiger partial charge in [0.2, 0.25) is 0 Å². The van der Waals surface area contributed by atoms with E-state index in [0.717, 1.165) is 28.2 Å². The lowest BCUT2D eigenvalue weighted by Gasteiger charge is -2.32. The standard InChI is InChI=1S/C69H43N/c1-3-17-46-37-48(31-29-44(46)15-1)50-39-51(49-32-30-45-16-2-4-18-47(45)38-49)41-54(40-50)70(52-33-35-59-57-21-6-5-19-55(57)56-20-7-8-22-58(56)64(59)42-52)53-34-36-63-62-25-11-14-28-67(62)69(68(63)43-53)65-26-12-9-23-60(65)61-24-10-13-27-66(61)69/h1-43H. The van der Waals surface area contributed by atoms with E-state index in [2.05, 4.69) is 266 Å². The zero-order chi connectivity index (χ0) is 45.9. The van der Waals surface area contributed by atoms with Gasteiger partial charge >= 0.3 is 0 Å². The van der Waals surface area contributed by atoms with Crippen LogP contribution in [0.25, 0.3) is 98.4 Å². The van der Waals surface area contributed by atoms with Crippen LogP contribution in [0.2, 0.25) is 0 Å². The Morgan fingerprint density at radius 2 is 0.614 bits per heavy atom. The molecule has 0 atom stereocenters. The Bertz CT molecular complexity index is 4130. The Kier molecular flexibility index (Phi) is 8.35. The molecule has 0 bridgehead atoms. The number of anilines is 3. The maximum Gasteiger partial charge on any atom is 0.0726 e. The summed E-state index contributed by atoms with van der Waals surface area (Å²) in [5.74, 6) is 0. The van der Waals surface area contributed by atoms with Crippen LogP contribution < -0.4 is 4.90 Å². The number of benzene rings is 13. The average molecular weight is 886 g/mol. The molecule has 13 aromatic carbocycles. The van der Waals surface area contributed by atoms with Crippen molar-refractivity contribution in [2.75, 3.05) is 4.90 Å². The van der Waals surface area contributed by atoms with Crippen LogP contribution in [0.15, 0.2) is 261 Å². The number of hydrogen-bond donors (Lipinski definition) is 0. The molecule has 13 aromatic rings. The third-order valence-corrected chi connectivity index (χ3v) is 15.6. The summed E-state index contributed by atoms with van der Waals surface area (Å²) in [4.78, 5) is 2.53. The first kappa shape index (κ1) is 39.0. The van der Waals surface area contributed by atoms with E-state index in [9.17, 15) is 0 Å². The molecular formula is C69H43N. The van der Waals surface area contributed by atoms with Crippen LogP contribution in [0, 0.1) is 0 Å².